The van der Waals surface area contributed by atoms with Gasteiger partial charge >= 0.3 is 5.97 Å². The number of carboxylic acids is 1. The normalized spacial score (nSPS) is 24.7. The van der Waals surface area contributed by atoms with Gasteiger partial charge in [0.25, 0.3) is 0 Å². The zero-order chi connectivity index (χ0) is 15.9. The van der Waals surface area contributed by atoms with Crippen molar-refractivity contribution in [3.05, 3.63) is 0 Å². The minimum Gasteiger partial charge on any atom is -0.481 e. The van der Waals surface area contributed by atoms with Crippen molar-refractivity contribution in [1.29, 1.82) is 0 Å². The second-order valence-corrected chi connectivity index (χ2v) is 6.17. The molecule has 1 heterocycles. The fourth-order valence-corrected chi connectivity index (χ4v) is 3.62. The second-order valence-electron chi connectivity index (χ2n) is 6.17. The van der Waals surface area contributed by atoms with Gasteiger partial charge in [-0.3, -0.25) is 14.5 Å². The summed E-state index contributed by atoms with van der Waals surface area (Å²) in [5, 5.41) is 9.18. The minimum atomic E-state index is -0.897. The molecule has 1 saturated carbocycles. The highest BCUT2D eigenvalue weighted by molar-refractivity contribution is 5.86. The Kier molecular flexibility index (Phi) is 6.64. The van der Waals surface area contributed by atoms with Crippen LogP contribution in [0.3, 0.4) is 0 Å². The van der Waals surface area contributed by atoms with E-state index < -0.39 is 12.0 Å². The number of amides is 1. The van der Waals surface area contributed by atoms with Crippen molar-refractivity contribution < 1.29 is 19.4 Å². The molecule has 1 aliphatic carbocycles. The molecular formula is C16H28N2O4. The largest absolute Gasteiger partial charge is 0.481 e. The number of hydrogen-bond donors (Lipinski definition) is 1. The number of hydrogen-bond acceptors (Lipinski definition) is 4. The molecule has 1 saturated heterocycles. The number of nitrogens with zero attached hydrogens (tertiary/aromatic N) is 2. The van der Waals surface area contributed by atoms with Crippen LogP contribution < -0.4 is 0 Å². The number of ether oxygens (including phenoxy) is 1. The molecule has 1 unspecified atom stereocenters. The second kappa shape index (κ2) is 8.48. The number of piperazine rings is 1. The predicted molar refractivity (Wildman–Crippen MR) is 82.7 cm³/mol. The monoisotopic (exact) mass is 312 g/mol. The summed E-state index contributed by atoms with van der Waals surface area (Å²) in [6.45, 7) is 5.09. The van der Waals surface area contributed by atoms with Crippen molar-refractivity contribution in [2.45, 2.75) is 57.5 Å². The third-order valence-corrected chi connectivity index (χ3v) is 4.75. The maximum Gasteiger partial charge on any atom is 0.305 e. The maximum absolute atomic E-state index is 12.7. The lowest BCUT2D eigenvalue weighted by atomic mass is 9.91. The Morgan fingerprint density at radius 1 is 1.27 bits per heavy atom. The van der Waals surface area contributed by atoms with Crippen LogP contribution in [0.5, 0.6) is 0 Å². The first-order chi connectivity index (χ1) is 10.6. The summed E-state index contributed by atoms with van der Waals surface area (Å²) in [6, 6.07) is -0.132. The van der Waals surface area contributed by atoms with Gasteiger partial charge in [0, 0.05) is 32.3 Å². The van der Waals surface area contributed by atoms with E-state index in [4.69, 9.17) is 4.74 Å². The van der Waals surface area contributed by atoms with Gasteiger partial charge in [-0.15, -0.1) is 0 Å². The molecule has 1 amide bonds. The van der Waals surface area contributed by atoms with Crippen molar-refractivity contribution in [2.24, 2.45) is 0 Å². The number of carboxylic acid groups (broad SMARTS) is 1. The SMILES string of the molecule is CCOCCN1CCN(C2CCCCC2)C(CC(=O)O)C1=O. The molecule has 126 valence electrons. The molecule has 2 aliphatic rings. The van der Waals surface area contributed by atoms with Gasteiger partial charge in [-0.25, -0.2) is 0 Å². The van der Waals surface area contributed by atoms with E-state index >= 15 is 0 Å². The first-order valence-electron chi connectivity index (χ1n) is 8.47. The van der Waals surface area contributed by atoms with E-state index in [1.165, 1.54) is 19.3 Å². The smallest absolute Gasteiger partial charge is 0.305 e. The van der Waals surface area contributed by atoms with Gasteiger partial charge < -0.3 is 14.7 Å². The number of aliphatic carboxylic acids is 1. The van der Waals surface area contributed by atoms with Gasteiger partial charge in [0.15, 0.2) is 0 Å². The van der Waals surface area contributed by atoms with E-state index in [0.29, 0.717) is 32.3 Å². The van der Waals surface area contributed by atoms with E-state index in [9.17, 15) is 14.7 Å². The van der Waals surface area contributed by atoms with Crippen LogP contribution in [0.2, 0.25) is 0 Å². The average molecular weight is 312 g/mol. The Hall–Kier alpha value is -1.14. The summed E-state index contributed by atoms with van der Waals surface area (Å²) >= 11 is 0. The highest BCUT2D eigenvalue weighted by Gasteiger charge is 2.39. The molecule has 1 atom stereocenters. The van der Waals surface area contributed by atoms with Gasteiger partial charge in [-0.1, -0.05) is 19.3 Å². The van der Waals surface area contributed by atoms with Crippen LogP contribution in [0, 0.1) is 0 Å². The fraction of sp³-hybridized carbons (Fsp3) is 0.875. The molecule has 6 nitrogen and oxygen atoms in total. The summed E-state index contributed by atoms with van der Waals surface area (Å²) in [7, 11) is 0. The Labute approximate surface area is 132 Å². The van der Waals surface area contributed by atoms with Crippen molar-refractivity contribution in [3.8, 4) is 0 Å². The summed E-state index contributed by atoms with van der Waals surface area (Å²) in [5.74, 6) is -0.940. The van der Waals surface area contributed by atoms with Crippen LogP contribution in [0.15, 0.2) is 0 Å². The molecule has 0 spiro atoms. The third kappa shape index (κ3) is 4.43. The third-order valence-electron chi connectivity index (χ3n) is 4.75. The molecule has 1 N–H and O–H groups in total. The molecular weight excluding hydrogens is 284 g/mol. The Morgan fingerprint density at radius 3 is 2.64 bits per heavy atom. The van der Waals surface area contributed by atoms with Crippen LogP contribution in [0.25, 0.3) is 0 Å². The van der Waals surface area contributed by atoms with E-state index in [-0.39, 0.29) is 12.3 Å². The van der Waals surface area contributed by atoms with Crippen LogP contribution in [0.1, 0.15) is 45.4 Å². The van der Waals surface area contributed by atoms with Crippen LogP contribution in [-0.2, 0) is 14.3 Å². The highest BCUT2D eigenvalue weighted by atomic mass is 16.5. The standard InChI is InChI=1S/C16H28N2O4/c1-2-22-11-10-17-8-9-18(13-6-4-3-5-7-13)14(16(17)21)12-15(19)20/h13-14H,2-12H2,1H3,(H,19,20). The fourth-order valence-electron chi connectivity index (χ4n) is 3.62. The lowest BCUT2D eigenvalue weighted by Gasteiger charge is -2.45. The maximum atomic E-state index is 12.7. The molecule has 0 aromatic carbocycles. The van der Waals surface area contributed by atoms with E-state index in [0.717, 1.165) is 19.4 Å². The molecule has 1 aliphatic heterocycles. The molecule has 2 rings (SSSR count). The summed E-state index contributed by atoms with van der Waals surface area (Å²) < 4.78 is 5.32. The summed E-state index contributed by atoms with van der Waals surface area (Å²) in [5.41, 5.74) is 0. The van der Waals surface area contributed by atoms with Gasteiger partial charge in [0.1, 0.15) is 6.04 Å². The van der Waals surface area contributed by atoms with E-state index in [2.05, 4.69) is 4.90 Å². The Morgan fingerprint density at radius 2 is 2.00 bits per heavy atom. The van der Waals surface area contributed by atoms with Crippen molar-refractivity contribution in [1.82, 2.24) is 9.80 Å². The van der Waals surface area contributed by atoms with Gasteiger partial charge in [0.05, 0.1) is 13.0 Å². The summed E-state index contributed by atoms with van der Waals surface area (Å²) in [6.07, 6.45) is 5.69. The van der Waals surface area contributed by atoms with Crippen LogP contribution >= 0.6 is 0 Å². The predicted octanol–water partition coefficient (Wildman–Crippen LogP) is 1.34. The highest BCUT2D eigenvalue weighted by Crippen LogP contribution is 2.27. The molecule has 0 bridgehead atoms. The van der Waals surface area contributed by atoms with Crippen molar-refractivity contribution in [3.63, 3.8) is 0 Å². The molecule has 0 aromatic rings. The van der Waals surface area contributed by atoms with Gasteiger partial charge in [-0.2, -0.15) is 0 Å². The van der Waals surface area contributed by atoms with Crippen molar-refractivity contribution in [2.75, 3.05) is 32.8 Å². The molecule has 2 fully saturated rings. The lowest BCUT2D eigenvalue weighted by Crippen LogP contribution is -2.61. The number of carbonyl (C=O) groups is 2. The van der Waals surface area contributed by atoms with Crippen LogP contribution in [-0.4, -0.2) is 71.7 Å². The molecule has 0 radical (unpaired) electrons. The van der Waals surface area contributed by atoms with Crippen molar-refractivity contribution >= 4 is 11.9 Å². The average Bonchev–Trinajstić information content (AvgIpc) is 2.51. The Balaban J connectivity index is 2.01. The summed E-state index contributed by atoms with van der Waals surface area (Å²) in [4.78, 5) is 27.8. The van der Waals surface area contributed by atoms with Gasteiger partial charge in [0.2, 0.25) is 5.91 Å². The first kappa shape index (κ1) is 17.2. The number of rotatable bonds is 7. The zero-order valence-corrected chi connectivity index (χ0v) is 13.5. The Bertz CT molecular complexity index is 382. The molecule has 6 heteroatoms. The quantitative estimate of drug-likeness (QED) is 0.719. The first-order valence-corrected chi connectivity index (χ1v) is 8.47. The van der Waals surface area contributed by atoms with E-state index in [1.54, 1.807) is 4.90 Å². The topological polar surface area (TPSA) is 70.1 Å². The van der Waals surface area contributed by atoms with E-state index in [1.807, 2.05) is 6.92 Å². The minimum absolute atomic E-state index is 0.0427. The zero-order valence-electron chi connectivity index (χ0n) is 13.5. The number of carbonyl (C=O) groups excluding carboxylic acids is 1. The molecule has 0 aromatic heterocycles. The van der Waals surface area contributed by atoms with Gasteiger partial charge in [-0.05, 0) is 19.8 Å². The van der Waals surface area contributed by atoms with Crippen LogP contribution in [0.4, 0.5) is 0 Å². The molecule has 22 heavy (non-hydrogen) atoms. The lowest BCUT2D eigenvalue weighted by molar-refractivity contribution is -0.151.